The van der Waals surface area contributed by atoms with Crippen LogP contribution in [0.5, 0.6) is 5.75 Å². The van der Waals surface area contributed by atoms with E-state index < -0.39 is 0 Å². The van der Waals surface area contributed by atoms with Gasteiger partial charge in [-0.25, -0.2) is 0 Å². The lowest BCUT2D eigenvalue weighted by Gasteiger charge is -2.33. The summed E-state index contributed by atoms with van der Waals surface area (Å²) in [5, 5.41) is 0. The summed E-state index contributed by atoms with van der Waals surface area (Å²) in [7, 11) is 2.16. The van der Waals surface area contributed by atoms with Crippen molar-refractivity contribution in [2.45, 2.75) is 32.2 Å². The van der Waals surface area contributed by atoms with E-state index in [-0.39, 0.29) is 11.3 Å². The van der Waals surface area contributed by atoms with Crippen LogP contribution in [0.25, 0.3) is 0 Å². The average Bonchev–Trinajstić information content (AvgIpc) is 3.48. The highest BCUT2D eigenvalue weighted by molar-refractivity contribution is 5.82. The Morgan fingerprint density at radius 2 is 1.97 bits per heavy atom. The third-order valence-corrected chi connectivity index (χ3v) is 7.09. The van der Waals surface area contributed by atoms with Crippen LogP contribution in [0.15, 0.2) is 36.9 Å². The Morgan fingerprint density at radius 1 is 1.17 bits per heavy atom. The first-order valence-corrected chi connectivity index (χ1v) is 11.1. The number of likely N-dealkylation sites (N-methyl/N-ethyl adjacent to an activating group) is 1. The fraction of sp³-hybridized carbons (Fsp3) is 0.625. The number of benzene rings is 1. The van der Waals surface area contributed by atoms with Crippen LogP contribution < -0.4 is 4.74 Å². The number of nitrogens with zero attached hydrogens (tertiary/aromatic N) is 3. The number of hydrogen-bond acceptors (Lipinski definition) is 4. The first-order valence-electron chi connectivity index (χ1n) is 11.1. The number of ether oxygens (including phenoxy) is 1. The topological polar surface area (TPSA) is 36.0 Å². The normalized spacial score (nSPS) is 24.9. The lowest BCUT2D eigenvalue weighted by molar-refractivity contribution is -0.133. The molecule has 5 heteroatoms. The molecule has 1 aliphatic carbocycles. The molecule has 2 saturated heterocycles. The molecular weight excluding hydrogens is 362 g/mol. The highest BCUT2D eigenvalue weighted by Gasteiger charge is 2.59. The van der Waals surface area contributed by atoms with Crippen molar-refractivity contribution in [2.24, 2.45) is 11.3 Å². The zero-order valence-electron chi connectivity index (χ0n) is 17.8. The summed E-state index contributed by atoms with van der Waals surface area (Å²) in [5.74, 6) is 1.66. The maximum atomic E-state index is 13.1. The van der Waals surface area contributed by atoms with Crippen LogP contribution in [0.2, 0.25) is 0 Å². The van der Waals surface area contributed by atoms with Crippen molar-refractivity contribution in [1.82, 2.24) is 14.7 Å². The number of likely N-dealkylation sites (tertiary alicyclic amines) is 1. The van der Waals surface area contributed by atoms with E-state index in [0.29, 0.717) is 12.5 Å². The van der Waals surface area contributed by atoms with E-state index >= 15 is 0 Å². The molecule has 1 unspecified atom stereocenters. The Labute approximate surface area is 175 Å². The van der Waals surface area contributed by atoms with Gasteiger partial charge in [0.25, 0.3) is 0 Å². The second kappa shape index (κ2) is 8.88. The molecule has 1 saturated carbocycles. The van der Waals surface area contributed by atoms with Crippen molar-refractivity contribution >= 4 is 5.91 Å². The van der Waals surface area contributed by atoms with Crippen molar-refractivity contribution in [3.8, 4) is 5.75 Å². The Morgan fingerprint density at radius 3 is 2.76 bits per heavy atom. The predicted molar refractivity (Wildman–Crippen MR) is 116 cm³/mol. The number of hydrogen-bond donors (Lipinski definition) is 0. The Hall–Kier alpha value is -1.85. The molecule has 3 aliphatic rings. The Balaban J connectivity index is 1.29. The monoisotopic (exact) mass is 397 g/mol. The van der Waals surface area contributed by atoms with Gasteiger partial charge in [0.1, 0.15) is 12.4 Å². The molecule has 2 aliphatic heterocycles. The first kappa shape index (κ1) is 20.4. The second-order valence-corrected chi connectivity index (χ2v) is 9.08. The van der Waals surface area contributed by atoms with E-state index in [1.54, 1.807) is 6.08 Å². The van der Waals surface area contributed by atoms with Crippen molar-refractivity contribution in [2.75, 3.05) is 52.9 Å². The van der Waals surface area contributed by atoms with Crippen LogP contribution in [0.1, 0.15) is 31.2 Å². The molecule has 2 heterocycles. The number of para-hydroxylation sites is 1. The van der Waals surface area contributed by atoms with Gasteiger partial charge >= 0.3 is 0 Å². The Bertz CT molecular complexity index is 727. The van der Waals surface area contributed by atoms with Gasteiger partial charge in [-0.05, 0) is 63.8 Å². The zero-order chi connectivity index (χ0) is 20.3. The number of rotatable bonds is 6. The Kier molecular flexibility index (Phi) is 6.26. The minimum Gasteiger partial charge on any atom is -0.489 e. The summed E-state index contributed by atoms with van der Waals surface area (Å²) >= 11 is 0. The molecule has 158 valence electrons. The standard InChI is InChI=1S/C24H35N3O2/c1-3-17-29-22-8-5-4-7-20(22)19-26-13-9-24(10-14-26)18-21(24)23(28)27-12-6-11-25(2)15-16-27/h3-5,7-8,21H,1,6,9-19H2,2H3. The number of carbonyl (C=O) groups excluding carboxylic acids is 1. The molecular formula is C24H35N3O2. The van der Waals surface area contributed by atoms with Crippen molar-refractivity contribution < 1.29 is 9.53 Å². The number of piperidine rings is 1. The average molecular weight is 398 g/mol. The van der Waals surface area contributed by atoms with E-state index in [4.69, 9.17) is 4.74 Å². The molecule has 0 bridgehead atoms. The minimum absolute atomic E-state index is 0.274. The third-order valence-electron chi connectivity index (χ3n) is 7.09. The van der Waals surface area contributed by atoms with Gasteiger partial charge in [0.05, 0.1) is 0 Å². The quantitative estimate of drug-likeness (QED) is 0.692. The summed E-state index contributed by atoms with van der Waals surface area (Å²) in [6.45, 7) is 11.3. The smallest absolute Gasteiger partial charge is 0.226 e. The SMILES string of the molecule is C=CCOc1ccccc1CN1CCC2(CC1)CC2C(=O)N1CCCN(C)CC1. The van der Waals surface area contributed by atoms with Crippen LogP contribution in [-0.2, 0) is 11.3 Å². The fourth-order valence-corrected chi connectivity index (χ4v) is 5.06. The number of amides is 1. The van der Waals surface area contributed by atoms with Gasteiger partial charge in [0, 0.05) is 37.7 Å². The van der Waals surface area contributed by atoms with Crippen LogP contribution in [0, 0.1) is 11.3 Å². The number of carbonyl (C=O) groups is 1. The van der Waals surface area contributed by atoms with Gasteiger partial charge in [-0.1, -0.05) is 30.9 Å². The van der Waals surface area contributed by atoms with E-state index in [1.165, 1.54) is 5.56 Å². The highest BCUT2D eigenvalue weighted by atomic mass is 16.5. The molecule has 4 rings (SSSR count). The minimum atomic E-state index is 0.274. The maximum absolute atomic E-state index is 13.1. The molecule has 0 aromatic heterocycles. The maximum Gasteiger partial charge on any atom is 0.226 e. The summed E-state index contributed by atoms with van der Waals surface area (Å²) < 4.78 is 5.82. The lowest BCUT2D eigenvalue weighted by atomic mass is 9.90. The van der Waals surface area contributed by atoms with Gasteiger partial charge < -0.3 is 14.5 Å². The molecule has 1 atom stereocenters. The van der Waals surface area contributed by atoms with Gasteiger partial charge in [-0.2, -0.15) is 0 Å². The van der Waals surface area contributed by atoms with Crippen LogP contribution in [0.3, 0.4) is 0 Å². The molecule has 0 radical (unpaired) electrons. The summed E-state index contributed by atoms with van der Waals surface area (Å²) in [4.78, 5) is 20.1. The van der Waals surface area contributed by atoms with Gasteiger partial charge in [0.15, 0.2) is 0 Å². The summed E-state index contributed by atoms with van der Waals surface area (Å²) in [6.07, 6.45) is 6.28. The van der Waals surface area contributed by atoms with E-state index in [9.17, 15) is 4.79 Å². The predicted octanol–water partition coefficient (Wildman–Crippen LogP) is 3.02. The van der Waals surface area contributed by atoms with Crippen LogP contribution >= 0.6 is 0 Å². The molecule has 1 aromatic rings. The fourth-order valence-electron chi connectivity index (χ4n) is 5.06. The lowest BCUT2D eigenvalue weighted by Crippen LogP contribution is -2.39. The van der Waals surface area contributed by atoms with Gasteiger partial charge in [-0.15, -0.1) is 0 Å². The molecule has 3 fully saturated rings. The van der Waals surface area contributed by atoms with Crippen molar-refractivity contribution in [3.63, 3.8) is 0 Å². The highest BCUT2D eigenvalue weighted by Crippen LogP contribution is 2.60. The molecule has 0 N–H and O–H groups in total. The molecule has 1 spiro atoms. The van der Waals surface area contributed by atoms with Crippen LogP contribution in [0.4, 0.5) is 0 Å². The van der Waals surface area contributed by atoms with Crippen molar-refractivity contribution in [3.05, 3.63) is 42.5 Å². The molecule has 5 nitrogen and oxygen atoms in total. The van der Waals surface area contributed by atoms with E-state index in [2.05, 4.69) is 40.5 Å². The second-order valence-electron chi connectivity index (χ2n) is 9.08. The third kappa shape index (κ3) is 4.67. The van der Waals surface area contributed by atoms with E-state index in [0.717, 1.165) is 77.2 Å². The van der Waals surface area contributed by atoms with Gasteiger partial charge in [-0.3, -0.25) is 9.69 Å². The van der Waals surface area contributed by atoms with E-state index in [1.807, 2.05) is 12.1 Å². The molecule has 1 amide bonds. The largest absolute Gasteiger partial charge is 0.489 e. The van der Waals surface area contributed by atoms with Crippen LogP contribution in [-0.4, -0.2) is 73.5 Å². The first-order chi connectivity index (χ1) is 14.1. The molecule has 1 aromatic carbocycles. The summed E-state index contributed by atoms with van der Waals surface area (Å²) in [6, 6.07) is 8.30. The molecule has 29 heavy (non-hydrogen) atoms. The van der Waals surface area contributed by atoms with Crippen molar-refractivity contribution in [1.29, 1.82) is 0 Å². The zero-order valence-corrected chi connectivity index (χ0v) is 17.8. The van der Waals surface area contributed by atoms with Gasteiger partial charge in [0.2, 0.25) is 5.91 Å². The summed E-state index contributed by atoms with van der Waals surface area (Å²) in [5.41, 5.74) is 1.52.